The molecule has 1 radical (unpaired) electrons. The van der Waals surface area contributed by atoms with Crippen molar-refractivity contribution < 1.29 is 56.7 Å². The van der Waals surface area contributed by atoms with Gasteiger partial charge in [-0.1, -0.05) is 0 Å². The molecule has 4 atom stereocenters. The van der Waals surface area contributed by atoms with Gasteiger partial charge in [-0.15, -0.1) is 0 Å². The minimum atomic E-state index is -0.760. The Balaban J connectivity index is 0.000000347. The van der Waals surface area contributed by atoms with Crippen molar-refractivity contribution in [1.29, 1.82) is 0 Å². The van der Waals surface area contributed by atoms with E-state index in [1.54, 1.807) is 0 Å². The molecule has 4 unspecified atom stereocenters. The van der Waals surface area contributed by atoms with Crippen LogP contribution in [0.15, 0.2) is 0 Å². The van der Waals surface area contributed by atoms with E-state index in [4.69, 9.17) is 20.4 Å². The molecule has 0 aromatic rings. The Hall–Kier alpha value is -1.92. The fraction of sp³-hybridized carbons (Fsp3) is 0.882. The molecule has 0 amide bonds. The van der Waals surface area contributed by atoms with Crippen molar-refractivity contribution >= 4 is 23.9 Å². The monoisotopic (exact) mass is 775 g/mol. The average Bonchev–Trinajstić information content (AvgIpc) is 3.16. The van der Waals surface area contributed by atoms with Crippen LogP contribution in [-0.2, 0) is 36.2 Å². The van der Waals surface area contributed by atoms with Crippen LogP contribution in [0.4, 0.5) is 0 Å². The summed E-state index contributed by atoms with van der Waals surface area (Å²) in [6.45, 7) is 18.2. The molecule has 4 rings (SSSR count). The van der Waals surface area contributed by atoms with Gasteiger partial charge in [0.2, 0.25) is 0 Å². The van der Waals surface area contributed by atoms with Crippen LogP contribution in [0.2, 0.25) is 0 Å². The molecule has 0 aromatic heterocycles. The van der Waals surface area contributed by atoms with Gasteiger partial charge in [0, 0.05) is 95.6 Å². The minimum absolute atomic E-state index is 0. The molecule has 299 valence electrons. The molecule has 0 spiro atoms. The Morgan fingerprint density at radius 3 is 0.647 bits per heavy atom. The number of carboxylic acid groups (broad SMARTS) is 4. The minimum Gasteiger partial charge on any atom is -0.480 e. The maximum absolute atomic E-state index is 11.1. The standard InChI is InChI=1S/2C17H32N4O4.Cu/c2*22-16(23)14-20-8-2-6-18-4-1-5-19(11-12-20)7-3-9-21(13-10-18)15-17(24)25;/h2*1-15H2,(H,22,23)(H,24,25);. The van der Waals surface area contributed by atoms with Gasteiger partial charge in [0.15, 0.2) is 0 Å². The predicted octanol–water partition coefficient (Wildman–Crippen LogP) is -0.880. The summed E-state index contributed by atoms with van der Waals surface area (Å²) in [7, 11) is 0. The van der Waals surface area contributed by atoms with Gasteiger partial charge in [0.1, 0.15) is 0 Å². The summed E-state index contributed by atoms with van der Waals surface area (Å²) >= 11 is 0. The summed E-state index contributed by atoms with van der Waals surface area (Å²) in [6, 6.07) is 0. The third-order valence-electron chi connectivity index (χ3n) is 10.1. The molecule has 4 N–H and O–H groups in total. The smallest absolute Gasteiger partial charge is 0.317 e. The quantitative estimate of drug-likeness (QED) is 0.224. The number of carbonyl (C=O) groups is 4. The first-order chi connectivity index (χ1) is 24.0. The Labute approximate surface area is 314 Å². The van der Waals surface area contributed by atoms with Gasteiger partial charge in [-0.2, -0.15) is 0 Å². The molecule has 4 saturated heterocycles. The van der Waals surface area contributed by atoms with Crippen LogP contribution >= 0.6 is 0 Å². The Morgan fingerprint density at radius 2 is 0.471 bits per heavy atom. The summed E-state index contributed by atoms with van der Waals surface area (Å²) in [4.78, 5) is 62.1. The molecule has 4 fully saturated rings. The molecule has 4 aliphatic heterocycles. The zero-order chi connectivity index (χ0) is 36.1. The van der Waals surface area contributed by atoms with Gasteiger partial charge in [0.05, 0.1) is 26.2 Å². The third kappa shape index (κ3) is 20.8. The van der Waals surface area contributed by atoms with E-state index in [1.165, 1.54) is 0 Å². The molecule has 51 heavy (non-hydrogen) atoms. The summed E-state index contributed by atoms with van der Waals surface area (Å²) in [5, 5.41) is 36.4. The van der Waals surface area contributed by atoms with Crippen LogP contribution in [-0.4, -0.2) is 241 Å². The number of fused-ring (bicyclic) bond motifs is 8. The van der Waals surface area contributed by atoms with Crippen molar-refractivity contribution in [3.8, 4) is 0 Å². The van der Waals surface area contributed by atoms with E-state index in [-0.39, 0.29) is 43.2 Å². The zero-order valence-corrected chi connectivity index (χ0v) is 31.5. The number of nitrogens with zero attached hydrogens (tertiary/aromatic N) is 8. The van der Waals surface area contributed by atoms with E-state index in [9.17, 15) is 19.2 Å². The van der Waals surface area contributed by atoms with Crippen molar-refractivity contribution in [2.75, 3.05) is 157 Å². The topological polar surface area (TPSA) is 175 Å². The van der Waals surface area contributed by atoms with Gasteiger partial charge in [-0.3, -0.25) is 38.8 Å². The Morgan fingerprint density at radius 1 is 0.294 bits per heavy atom. The van der Waals surface area contributed by atoms with Crippen molar-refractivity contribution in [3.05, 3.63) is 0 Å². The Kier molecular flexibility index (Phi) is 23.0. The van der Waals surface area contributed by atoms with E-state index in [2.05, 4.69) is 19.6 Å². The number of rotatable bonds is 8. The molecule has 16 nitrogen and oxygen atoms in total. The van der Waals surface area contributed by atoms with Crippen molar-refractivity contribution in [3.63, 3.8) is 0 Å². The van der Waals surface area contributed by atoms with Gasteiger partial charge < -0.3 is 40.0 Å². The maximum atomic E-state index is 11.1. The van der Waals surface area contributed by atoms with E-state index < -0.39 is 23.9 Å². The summed E-state index contributed by atoms with van der Waals surface area (Å²) in [5.41, 5.74) is 0. The van der Waals surface area contributed by atoms with Crippen LogP contribution in [0.3, 0.4) is 0 Å². The van der Waals surface area contributed by atoms with Gasteiger partial charge in [0.25, 0.3) is 0 Å². The summed E-state index contributed by atoms with van der Waals surface area (Å²) in [6.07, 6.45) is 6.02. The number of aliphatic carboxylic acids is 4. The maximum Gasteiger partial charge on any atom is 0.317 e. The van der Waals surface area contributed by atoms with Crippen LogP contribution in [0, 0.1) is 0 Å². The molecule has 0 aromatic carbocycles. The van der Waals surface area contributed by atoms with E-state index in [0.717, 1.165) is 169 Å². The van der Waals surface area contributed by atoms with Crippen LogP contribution < -0.4 is 0 Å². The molecule has 4 heterocycles. The van der Waals surface area contributed by atoms with Crippen LogP contribution in [0.1, 0.15) is 38.5 Å². The normalized spacial score (nSPS) is 27.6. The summed E-state index contributed by atoms with van der Waals surface area (Å²) in [5.74, 6) is -3.04. The SMILES string of the molecule is O=C(O)CN1CCCN2CCCN(CCCN(CC(=O)O)CC2)CC1.O=C(O)CN1CCCN2CCCN(CCCN(CC(=O)O)CC2)CC1.[Cu]. The average molecular weight is 776 g/mol. The molecular formula is C34H64CuN8O8. The molecule has 0 saturated carbocycles. The van der Waals surface area contributed by atoms with Gasteiger partial charge in [-0.05, 0) is 90.9 Å². The first-order valence-corrected chi connectivity index (χ1v) is 18.7. The number of carboxylic acids is 4. The molecule has 4 aliphatic rings. The van der Waals surface area contributed by atoms with E-state index >= 15 is 0 Å². The molecule has 4 bridgehead atoms. The van der Waals surface area contributed by atoms with Crippen molar-refractivity contribution in [2.24, 2.45) is 0 Å². The van der Waals surface area contributed by atoms with E-state index in [0.29, 0.717) is 0 Å². The second-order valence-electron chi connectivity index (χ2n) is 14.2. The number of hydrogen-bond donors (Lipinski definition) is 4. The van der Waals surface area contributed by atoms with Gasteiger partial charge in [-0.25, -0.2) is 0 Å². The van der Waals surface area contributed by atoms with Crippen LogP contribution in [0.25, 0.3) is 0 Å². The zero-order valence-electron chi connectivity index (χ0n) is 30.5. The first kappa shape index (κ1) is 45.2. The largest absolute Gasteiger partial charge is 0.480 e. The number of hydrogen-bond acceptors (Lipinski definition) is 12. The van der Waals surface area contributed by atoms with Crippen LogP contribution in [0.5, 0.6) is 0 Å². The van der Waals surface area contributed by atoms with Crippen molar-refractivity contribution in [2.45, 2.75) is 38.5 Å². The second kappa shape index (κ2) is 26.0. The Bertz CT molecular complexity index is 879. The molecule has 0 aliphatic carbocycles. The van der Waals surface area contributed by atoms with E-state index in [1.807, 2.05) is 19.6 Å². The second-order valence-corrected chi connectivity index (χ2v) is 14.2. The third-order valence-corrected chi connectivity index (χ3v) is 10.1. The fourth-order valence-electron chi connectivity index (χ4n) is 7.43. The van der Waals surface area contributed by atoms with Gasteiger partial charge >= 0.3 is 23.9 Å². The summed E-state index contributed by atoms with van der Waals surface area (Å²) < 4.78 is 0. The fourth-order valence-corrected chi connectivity index (χ4v) is 7.43. The molecular weight excluding hydrogens is 712 g/mol. The predicted molar refractivity (Wildman–Crippen MR) is 190 cm³/mol. The van der Waals surface area contributed by atoms with Crippen molar-refractivity contribution in [1.82, 2.24) is 39.2 Å². The molecule has 17 heteroatoms. The first-order valence-electron chi connectivity index (χ1n) is 18.7.